The molecule has 1 aliphatic heterocycles. The Bertz CT molecular complexity index is 633. The second kappa shape index (κ2) is 5.00. The number of hydrogen-bond donors (Lipinski definition) is 3. The molecule has 1 aromatic heterocycles. The Balaban J connectivity index is 2.52. The van der Waals surface area contributed by atoms with Gasteiger partial charge in [-0.3, -0.25) is 10.1 Å². The van der Waals surface area contributed by atoms with Gasteiger partial charge in [-0.1, -0.05) is 5.16 Å². The van der Waals surface area contributed by atoms with E-state index in [4.69, 9.17) is 4.52 Å². The number of urea groups is 1. The fourth-order valence-corrected chi connectivity index (χ4v) is 2.41. The fourth-order valence-electron chi connectivity index (χ4n) is 2.41. The maximum absolute atomic E-state index is 12.4. The summed E-state index contributed by atoms with van der Waals surface area (Å²) >= 11 is 0. The molecule has 0 unspecified atom stereocenters. The van der Waals surface area contributed by atoms with Crippen molar-refractivity contribution in [1.82, 2.24) is 20.7 Å². The molecule has 9 heteroatoms. The van der Waals surface area contributed by atoms with Gasteiger partial charge < -0.3 is 19.8 Å². The predicted octanol–water partition coefficient (Wildman–Crippen LogP) is 0.796. The van der Waals surface area contributed by atoms with E-state index in [1.54, 1.807) is 27.7 Å². The SMILES string of the molecule is Cc1nocc1[C@]1(CN(C(=O)O)C(C)(C)C)NC(=O)NC1=O. The predicted molar refractivity (Wildman–Crippen MR) is 74.1 cm³/mol. The first-order valence-electron chi connectivity index (χ1n) is 6.63. The lowest BCUT2D eigenvalue weighted by Gasteiger charge is -2.38. The molecule has 1 aliphatic rings. The summed E-state index contributed by atoms with van der Waals surface area (Å²) in [6, 6.07) is -0.690. The van der Waals surface area contributed by atoms with E-state index in [0.29, 0.717) is 11.3 Å². The van der Waals surface area contributed by atoms with Gasteiger partial charge in [0.1, 0.15) is 6.26 Å². The van der Waals surface area contributed by atoms with Crippen molar-refractivity contribution in [3.63, 3.8) is 0 Å². The number of aromatic nitrogens is 1. The van der Waals surface area contributed by atoms with Crippen molar-refractivity contribution in [1.29, 1.82) is 0 Å². The summed E-state index contributed by atoms with van der Waals surface area (Å²) in [5, 5.41) is 17.8. The monoisotopic (exact) mass is 310 g/mol. The van der Waals surface area contributed by atoms with Crippen LogP contribution in [0.5, 0.6) is 0 Å². The minimum atomic E-state index is -1.56. The number of aryl methyl sites for hydroxylation is 1. The highest BCUT2D eigenvalue weighted by Gasteiger charge is 2.52. The van der Waals surface area contributed by atoms with Gasteiger partial charge in [0.25, 0.3) is 5.91 Å². The minimum absolute atomic E-state index is 0.258. The second-order valence-electron chi connectivity index (χ2n) is 6.17. The first-order valence-corrected chi connectivity index (χ1v) is 6.63. The zero-order valence-corrected chi connectivity index (χ0v) is 12.8. The van der Waals surface area contributed by atoms with Crippen LogP contribution in [0.15, 0.2) is 10.8 Å². The van der Waals surface area contributed by atoms with Crippen LogP contribution in [0.25, 0.3) is 0 Å². The lowest BCUT2D eigenvalue weighted by molar-refractivity contribution is -0.125. The standard InChI is InChI=1S/C13H18N4O5/c1-7-8(5-22-16-7)13(9(18)14-10(19)15-13)6-17(11(20)21)12(2,3)4/h5H,6H2,1-4H3,(H,20,21)(H2,14,15,18,19)/t13-/m0/s1. The van der Waals surface area contributed by atoms with Gasteiger partial charge in [-0.05, 0) is 27.7 Å². The molecule has 0 spiro atoms. The molecule has 1 saturated heterocycles. The average molecular weight is 310 g/mol. The number of imide groups is 1. The maximum atomic E-state index is 12.4. The van der Waals surface area contributed by atoms with Gasteiger partial charge in [-0.2, -0.15) is 0 Å². The van der Waals surface area contributed by atoms with Crippen molar-refractivity contribution in [2.45, 2.75) is 38.8 Å². The lowest BCUT2D eigenvalue weighted by atomic mass is 9.88. The summed E-state index contributed by atoms with van der Waals surface area (Å²) < 4.78 is 4.85. The minimum Gasteiger partial charge on any atom is -0.465 e. The van der Waals surface area contributed by atoms with Crippen molar-refractivity contribution in [3.05, 3.63) is 17.5 Å². The summed E-state index contributed by atoms with van der Waals surface area (Å²) in [5.41, 5.74) is -1.60. The Hall–Kier alpha value is -2.58. The molecule has 0 bridgehead atoms. The van der Waals surface area contributed by atoms with Crippen LogP contribution in [0.4, 0.5) is 9.59 Å². The van der Waals surface area contributed by atoms with Crippen molar-refractivity contribution >= 4 is 18.0 Å². The Morgan fingerprint density at radius 1 is 1.45 bits per heavy atom. The Labute approximate surface area is 126 Å². The van der Waals surface area contributed by atoms with Crippen LogP contribution in [-0.4, -0.2) is 45.3 Å². The molecule has 0 radical (unpaired) electrons. The van der Waals surface area contributed by atoms with Gasteiger partial charge in [-0.25, -0.2) is 9.59 Å². The summed E-state index contributed by atoms with van der Waals surface area (Å²) in [4.78, 5) is 36.6. The summed E-state index contributed by atoms with van der Waals surface area (Å²) in [7, 11) is 0. The summed E-state index contributed by atoms with van der Waals surface area (Å²) in [6.07, 6.45) is 0.0402. The number of amides is 4. The third-order valence-corrected chi connectivity index (χ3v) is 3.59. The number of carbonyl (C=O) groups is 3. The molecule has 4 amide bonds. The van der Waals surface area contributed by atoms with E-state index >= 15 is 0 Å². The van der Waals surface area contributed by atoms with Gasteiger partial charge in [0.05, 0.1) is 17.8 Å². The molecule has 3 N–H and O–H groups in total. The van der Waals surface area contributed by atoms with E-state index in [9.17, 15) is 19.5 Å². The van der Waals surface area contributed by atoms with E-state index in [0.717, 1.165) is 4.90 Å². The Morgan fingerprint density at radius 3 is 2.45 bits per heavy atom. The molecular weight excluding hydrogens is 292 g/mol. The third kappa shape index (κ3) is 2.49. The molecule has 120 valence electrons. The number of hydrogen-bond acceptors (Lipinski definition) is 5. The first kappa shape index (κ1) is 15.8. The van der Waals surface area contributed by atoms with Crippen molar-refractivity contribution in [2.75, 3.05) is 6.54 Å². The number of nitrogens with zero attached hydrogens (tertiary/aromatic N) is 2. The molecule has 1 atom stereocenters. The van der Waals surface area contributed by atoms with E-state index in [2.05, 4.69) is 15.8 Å². The average Bonchev–Trinajstić information content (AvgIpc) is 2.89. The molecule has 0 aromatic carbocycles. The molecule has 0 aliphatic carbocycles. The largest absolute Gasteiger partial charge is 0.465 e. The highest BCUT2D eigenvalue weighted by molar-refractivity contribution is 6.07. The number of nitrogens with one attached hydrogen (secondary N) is 2. The highest BCUT2D eigenvalue weighted by atomic mass is 16.5. The molecular formula is C13H18N4O5. The van der Waals surface area contributed by atoms with Crippen molar-refractivity contribution < 1.29 is 24.0 Å². The third-order valence-electron chi connectivity index (χ3n) is 3.59. The van der Waals surface area contributed by atoms with Gasteiger partial charge in [-0.15, -0.1) is 0 Å². The topological polar surface area (TPSA) is 125 Å². The maximum Gasteiger partial charge on any atom is 0.407 e. The summed E-state index contributed by atoms with van der Waals surface area (Å²) in [5.74, 6) is -0.640. The molecule has 9 nitrogen and oxygen atoms in total. The Morgan fingerprint density at radius 2 is 2.09 bits per heavy atom. The zero-order valence-electron chi connectivity index (χ0n) is 12.8. The number of rotatable bonds is 3. The molecule has 0 saturated carbocycles. The lowest BCUT2D eigenvalue weighted by Crippen LogP contribution is -2.58. The van der Waals surface area contributed by atoms with E-state index in [1.807, 2.05) is 0 Å². The molecule has 1 fully saturated rings. The fraction of sp³-hybridized carbons (Fsp3) is 0.538. The smallest absolute Gasteiger partial charge is 0.407 e. The van der Waals surface area contributed by atoms with Gasteiger partial charge in [0.2, 0.25) is 0 Å². The molecule has 2 heterocycles. The Kier molecular flexibility index (Phi) is 3.59. The quantitative estimate of drug-likeness (QED) is 0.709. The van der Waals surface area contributed by atoms with E-state index in [-0.39, 0.29) is 6.54 Å². The van der Waals surface area contributed by atoms with Crippen LogP contribution in [-0.2, 0) is 10.3 Å². The number of carbonyl (C=O) groups excluding carboxylic acids is 2. The van der Waals surface area contributed by atoms with Crippen LogP contribution >= 0.6 is 0 Å². The number of carboxylic acid groups (broad SMARTS) is 1. The molecule has 2 rings (SSSR count). The molecule has 22 heavy (non-hydrogen) atoms. The van der Waals surface area contributed by atoms with Gasteiger partial charge >= 0.3 is 12.1 Å². The summed E-state index contributed by atoms with van der Waals surface area (Å²) in [6.45, 7) is 6.45. The molecule has 1 aromatic rings. The van der Waals surface area contributed by atoms with Crippen molar-refractivity contribution in [2.24, 2.45) is 0 Å². The van der Waals surface area contributed by atoms with E-state index in [1.165, 1.54) is 6.26 Å². The van der Waals surface area contributed by atoms with Crippen LogP contribution in [0.3, 0.4) is 0 Å². The zero-order chi connectivity index (χ0) is 16.7. The van der Waals surface area contributed by atoms with Crippen LogP contribution in [0.2, 0.25) is 0 Å². The van der Waals surface area contributed by atoms with Crippen LogP contribution in [0.1, 0.15) is 32.0 Å². The van der Waals surface area contributed by atoms with Gasteiger partial charge in [0.15, 0.2) is 5.54 Å². The van der Waals surface area contributed by atoms with E-state index < -0.39 is 29.1 Å². The normalized spacial score (nSPS) is 21.5. The van der Waals surface area contributed by atoms with Crippen LogP contribution in [0, 0.1) is 6.92 Å². The van der Waals surface area contributed by atoms with Crippen molar-refractivity contribution in [3.8, 4) is 0 Å². The first-order chi connectivity index (χ1) is 10.1. The van der Waals surface area contributed by atoms with Crippen LogP contribution < -0.4 is 10.6 Å². The second-order valence-corrected chi connectivity index (χ2v) is 6.17. The van der Waals surface area contributed by atoms with Gasteiger partial charge in [0, 0.05) is 5.54 Å². The highest BCUT2D eigenvalue weighted by Crippen LogP contribution is 2.31.